The number of hydrogen-bond donors (Lipinski definition) is 2. The molecule has 0 radical (unpaired) electrons. The lowest BCUT2D eigenvalue weighted by Gasteiger charge is -2.10. The number of carboxylic acid groups (broad SMARTS) is 1. The zero-order valence-electron chi connectivity index (χ0n) is 18.0. The average Bonchev–Trinajstić information content (AvgIpc) is 2.77. The van der Waals surface area contributed by atoms with E-state index in [9.17, 15) is 9.90 Å². The number of pyridine rings is 1. The average molecular weight is 450 g/mol. The molecule has 0 aliphatic rings. The van der Waals surface area contributed by atoms with Gasteiger partial charge in [-0.25, -0.2) is 9.78 Å². The predicted molar refractivity (Wildman–Crippen MR) is 124 cm³/mol. The minimum absolute atomic E-state index is 0. The van der Waals surface area contributed by atoms with Crippen molar-refractivity contribution in [3.8, 4) is 11.5 Å². The highest BCUT2D eigenvalue weighted by atomic mass is 35.5. The van der Waals surface area contributed by atoms with Gasteiger partial charge in [-0.3, -0.25) is 0 Å². The number of aliphatic hydroxyl groups excluding tert-OH is 1. The first-order chi connectivity index (χ1) is 14.6. The van der Waals surface area contributed by atoms with Gasteiger partial charge in [0.1, 0.15) is 17.2 Å². The van der Waals surface area contributed by atoms with Crippen LogP contribution in [0, 0.1) is 0 Å². The first-order valence-corrected chi connectivity index (χ1v) is 10.4. The maximum absolute atomic E-state index is 10.7. The SMILES string of the molecule is COc1ccc(CCCCCCCCOc2ccc(CO)nc2C=CC(=O)O)cc1.Cl. The van der Waals surface area contributed by atoms with E-state index in [1.54, 1.807) is 19.2 Å². The molecule has 0 bridgehead atoms. The van der Waals surface area contributed by atoms with E-state index in [-0.39, 0.29) is 19.0 Å². The van der Waals surface area contributed by atoms with Crippen molar-refractivity contribution in [3.63, 3.8) is 0 Å². The minimum atomic E-state index is -1.05. The number of unbranched alkanes of at least 4 members (excludes halogenated alkanes) is 5. The lowest BCUT2D eigenvalue weighted by molar-refractivity contribution is -0.131. The summed E-state index contributed by atoms with van der Waals surface area (Å²) in [5, 5.41) is 18.0. The van der Waals surface area contributed by atoms with Gasteiger partial charge < -0.3 is 19.7 Å². The molecule has 0 amide bonds. The van der Waals surface area contributed by atoms with Gasteiger partial charge >= 0.3 is 5.97 Å². The Morgan fingerprint density at radius 1 is 1.00 bits per heavy atom. The second kappa shape index (κ2) is 15.3. The molecule has 170 valence electrons. The summed E-state index contributed by atoms with van der Waals surface area (Å²) in [5.74, 6) is 0.374. The van der Waals surface area contributed by atoms with E-state index < -0.39 is 5.97 Å². The number of benzene rings is 1. The third-order valence-electron chi connectivity index (χ3n) is 4.77. The molecule has 2 rings (SSSR count). The molecule has 0 aliphatic heterocycles. The fourth-order valence-corrected chi connectivity index (χ4v) is 3.10. The molecule has 0 saturated heterocycles. The molecule has 0 spiro atoms. The van der Waals surface area contributed by atoms with Crippen molar-refractivity contribution in [3.05, 3.63) is 59.4 Å². The van der Waals surface area contributed by atoms with Crippen molar-refractivity contribution in [2.45, 2.75) is 51.6 Å². The van der Waals surface area contributed by atoms with Gasteiger partial charge in [0.25, 0.3) is 0 Å². The van der Waals surface area contributed by atoms with Gasteiger partial charge in [-0.05, 0) is 55.2 Å². The summed E-state index contributed by atoms with van der Waals surface area (Å²) >= 11 is 0. The summed E-state index contributed by atoms with van der Waals surface area (Å²) in [6.07, 6.45) is 10.3. The smallest absolute Gasteiger partial charge is 0.328 e. The Balaban J connectivity index is 0.00000480. The molecule has 1 aromatic carbocycles. The molecule has 0 aliphatic carbocycles. The number of aromatic nitrogens is 1. The molecule has 0 fully saturated rings. The number of hydrogen-bond acceptors (Lipinski definition) is 5. The number of nitrogens with zero attached hydrogens (tertiary/aromatic N) is 1. The van der Waals surface area contributed by atoms with Crippen LogP contribution in [0.3, 0.4) is 0 Å². The van der Waals surface area contributed by atoms with Crippen LogP contribution in [0.2, 0.25) is 0 Å². The Kier molecular flexibility index (Phi) is 13.0. The normalized spacial score (nSPS) is 10.6. The van der Waals surface area contributed by atoms with Crippen LogP contribution in [0.1, 0.15) is 55.5 Å². The number of carboxylic acids is 1. The van der Waals surface area contributed by atoms with Crippen molar-refractivity contribution in [2.24, 2.45) is 0 Å². The van der Waals surface area contributed by atoms with Crippen molar-refractivity contribution in [2.75, 3.05) is 13.7 Å². The van der Waals surface area contributed by atoms with Gasteiger partial charge in [0.15, 0.2) is 0 Å². The Labute approximate surface area is 190 Å². The molecule has 31 heavy (non-hydrogen) atoms. The van der Waals surface area contributed by atoms with E-state index in [0.29, 0.717) is 23.7 Å². The van der Waals surface area contributed by atoms with Gasteiger partial charge in [0.05, 0.1) is 26.0 Å². The van der Waals surface area contributed by atoms with E-state index in [0.717, 1.165) is 31.1 Å². The Bertz CT molecular complexity index is 808. The van der Waals surface area contributed by atoms with E-state index in [1.165, 1.54) is 37.3 Å². The number of ether oxygens (including phenoxy) is 2. The molecule has 0 unspecified atom stereocenters. The van der Waals surface area contributed by atoms with E-state index in [2.05, 4.69) is 17.1 Å². The molecular weight excluding hydrogens is 418 g/mol. The molecule has 2 N–H and O–H groups in total. The molecule has 2 aromatic rings. The minimum Gasteiger partial charge on any atom is -0.497 e. The summed E-state index contributed by atoms with van der Waals surface area (Å²) < 4.78 is 10.9. The lowest BCUT2D eigenvalue weighted by atomic mass is 10.0. The standard InChI is InChI=1S/C24H31NO5.ClH/c1-29-21-12-9-19(10-13-21)8-6-4-2-3-5-7-17-30-23-15-11-20(18-26)25-22(23)14-16-24(27)28;/h9-16,26H,2-8,17-18H2,1H3,(H,27,28);1H. The number of aliphatic hydroxyl groups is 1. The van der Waals surface area contributed by atoms with Crippen molar-refractivity contribution < 1.29 is 24.5 Å². The summed E-state index contributed by atoms with van der Waals surface area (Å²) in [6.45, 7) is 0.354. The lowest BCUT2D eigenvalue weighted by Crippen LogP contribution is -2.02. The van der Waals surface area contributed by atoms with Crippen LogP contribution in [0.25, 0.3) is 6.08 Å². The fraction of sp³-hybridized carbons (Fsp3) is 0.417. The molecule has 0 atom stereocenters. The highest BCUT2D eigenvalue weighted by Gasteiger charge is 2.05. The summed E-state index contributed by atoms with van der Waals surface area (Å²) in [7, 11) is 1.68. The first-order valence-electron chi connectivity index (χ1n) is 10.4. The number of aliphatic carboxylic acids is 1. The number of rotatable bonds is 14. The second-order valence-corrected chi connectivity index (χ2v) is 7.08. The van der Waals surface area contributed by atoms with E-state index >= 15 is 0 Å². The molecule has 1 heterocycles. The maximum Gasteiger partial charge on any atom is 0.328 e. The number of carbonyl (C=O) groups is 1. The number of aryl methyl sites for hydroxylation is 1. The molecule has 6 nitrogen and oxygen atoms in total. The topological polar surface area (TPSA) is 88.9 Å². The van der Waals surface area contributed by atoms with Crippen LogP contribution in [-0.2, 0) is 17.8 Å². The summed E-state index contributed by atoms with van der Waals surface area (Å²) in [6, 6.07) is 11.7. The van der Waals surface area contributed by atoms with Gasteiger partial charge in [0, 0.05) is 6.08 Å². The predicted octanol–water partition coefficient (Wildman–Crippen LogP) is 5.06. The second-order valence-electron chi connectivity index (χ2n) is 7.08. The third kappa shape index (κ3) is 10.3. The highest BCUT2D eigenvalue weighted by Crippen LogP contribution is 2.20. The summed E-state index contributed by atoms with van der Waals surface area (Å²) in [4.78, 5) is 15.0. The van der Waals surface area contributed by atoms with Crippen LogP contribution >= 0.6 is 12.4 Å². The van der Waals surface area contributed by atoms with Crippen molar-refractivity contribution in [1.29, 1.82) is 0 Å². The molecular formula is C24H32ClNO5. The fourth-order valence-electron chi connectivity index (χ4n) is 3.10. The van der Waals surface area contributed by atoms with Crippen LogP contribution in [0.4, 0.5) is 0 Å². The van der Waals surface area contributed by atoms with Gasteiger partial charge in [0.2, 0.25) is 0 Å². The van der Waals surface area contributed by atoms with E-state index in [1.807, 2.05) is 12.1 Å². The monoisotopic (exact) mass is 449 g/mol. The Morgan fingerprint density at radius 2 is 1.68 bits per heavy atom. The quantitative estimate of drug-likeness (QED) is 0.309. The Morgan fingerprint density at radius 3 is 2.32 bits per heavy atom. The first kappa shape index (κ1) is 26.5. The molecule has 1 aromatic heterocycles. The van der Waals surface area contributed by atoms with Crippen LogP contribution in [0.15, 0.2) is 42.5 Å². The highest BCUT2D eigenvalue weighted by molar-refractivity contribution is 5.85. The Hall–Kier alpha value is -2.57. The largest absolute Gasteiger partial charge is 0.497 e. The zero-order valence-corrected chi connectivity index (χ0v) is 18.8. The van der Waals surface area contributed by atoms with Crippen molar-refractivity contribution >= 4 is 24.5 Å². The summed E-state index contributed by atoms with van der Waals surface area (Å²) in [5.41, 5.74) is 2.24. The van der Waals surface area contributed by atoms with Crippen LogP contribution in [-0.4, -0.2) is 34.9 Å². The van der Waals surface area contributed by atoms with Gasteiger partial charge in [-0.2, -0.15) is 0 Å². The van der Waals surface area contributed by atoms with Crippen molar-refractivity contribution in [1.82, 2.24) is 4.98 Å². The number of halogens is 1. The van der Waals surface area contributed by atoms with Gasteiger partial charge in [-0.15, -0.1) is 12.4 Å². The zero-order chi connectivity index (χ0) is 21.6. The van der Waals surface area contributed by atoms with Gasteiger partial charge in [-0.1, -0.05) is 37.8 Å². The number of methoxy groups -OCH3 is 1. The maximum atomic E-state index is 10.7. The third-order valence-corrected chi connectivity index (χ3v) is 4.77. The van der Waals surface area contributed by atoms with Crippen LogP contribution in [0.5, 0.6) is 11.5 Å². The van der Waals surface area contributed by atoms with Crippen LogP contribution < -0.4 is 9.47 Å². The van der Waals surface area contributed by atoms with E-state index in [4.69, 9.17) is 14.6 Å². The molecule has 7 heteroatoms. The molecule has 0 saturated carbocycles.